The Balaban J connectivity index is 1.68. The molecule has 0 radical (unpaired) electrons. The predicted molar refractivity (Wildman–Crippen MR) is 69.7 cm³/mol. The molecule has 2 saturated heterocycles. The fourth-order valence-corrected chi connectivity index (χ4v) is 2.84. The first-order valence-electron chi connectivity index (χ1n) is 6.50. The van der Waals surface area contributed by atoms with E-state index in [9.17, 15) is 0 Å². The molecule has 1 N–H and O–H groups in total. The summed E-state index contributed by atoms with van der Waals surface area (Å²) in [4.78, 5) is 2.50. The van der Waals surface area contributed by atoms with Gasteiger partial charge in [-0.25, -0.2) is 0 Å². The first kappa shape index (κ1) is 10.9. The molecule has 1 aromatic carbocycles. The van der Waals surface area contributed by atoms with Crippen molar-refractivity contribution in [3.63, 3.8) is 0 Å². The van der Waals surface area contributed by atoms with E-state index in [1.165, 1.54) is 38.3 Å². The third-order valence-corrected chi connectivity index (χ3v) is 3.95. The van der Waals surface area contributed by atoms with Crippen LogP contribution in [-0.4, -0.2) is 32.8 Å². The van der Waals surface area contributed by atoms with Crippen LogP contribution in [0.3, 0.4) is 0 Å². The number of ether oxygens (including phenoxy) is 1. The molecule has 0 bridgehead atoms. The molecule has 1 spiro atoms. The van der Waals surface area contributed by atoms with Gasteiger partial charge < -0.3 is 15.0 Å². The second-order valence-electron chi connectivity index (χ2n) is 5.20. The van der Waals surface area contributed by atoms with Crippen LogP contribution in [0.1, 0.15) is 13.3 Å². The number of benzene rings is 1. The monoisotopic (exact) mass is 232 g/mol. The zero-order valence-corrected chi connectivity index (χ0v) is 10.4. The van der Waals surface area contributed by atoms with Crippen molar-refractivity contribution in [2.45, 2.75) is 13.3 Å². The number of nitrogens with zero attached hydrogens (tertiary/aromatic N) is 1. The highest BCUT2D eigenvalue weighted by Crippen LogP contribution is 2.36. The van der Waals surface area contributed by atoms with Crippen molar-refractivity contribution in [3.05, 3.63) is 24.3 Å². The van der Waals surface area contributed by atoms with Gasteiger partial charge in [-0.05, 0) is 37.6 Å². The van der Waals surface area contributed by atoms with Gasteiger partial charge in [0.05, 0.1) is 6.61 Å². The van der Waals surface area contributed by atoms with Crippen LogP contribution < -0.4 is 15.0 Å². The molecule has 0 amide bonds. The highest BCUT2D eigenvalue weighted by molar-refractivity contribution is 5.50. The summed E-state index contributed by atoms with van der Waals surface area (Å²) in [6.07, 6.45) is 1.33. The van der Waals surface area contributed by atoms with E-state index < -0.39 is 0 Å². The predicted octanol–water partition coefficient (Wildman–Crippen LogP) is 1.89. The van der Waals surface area contributed by atoms with Crippen LogP contribution in [0.15, 0.2) is 24.3 Å². The molecular weight excluding hydrogens is 212 g/mol. The smallest absolute Gasteiger partial charge is 0.119 e. The number of anilines is 1. The number of hydrogen-bond acceptors (Lipinski definition) is 3. The molecule has 3 nitrogen and oxygen atoms in total. The fourth-order valence-electron chi connectivity index (χ4n) is 2.84. The normalized spacial score (nSPS) is 21.6. The van der Waals surface area contributed by atoms with Crippen molar-refractivity contribution in [1.29, 1.82) is 0 Å². The Morgan fingerprint density at radius 3 is 2.59 bits per heavy atom. The fraction of sp³-hybridized carbons (Fsp3) is 0.571. The zero-order chi connectivity index (χ0) is 11.7. The largest absolute Gasteiger partial charge is 0.494 e. The van der Waals surface area contributed by atoms with E-state index in [1.807, 2.05) is 6.92 Å². The maximum atomic E-state index is 5.47. The number of hydrogen-bond donors (Lipinski definition) is 1. The van der Waals surface area contributed by atoms with Crippen molar-refractivity contribution in [1.82, 2.24) is 5.32 Å². The van der Waals surface area contributed by atoms with Crippen molar-refractivity contribution >= 4 is 5.69 Å². The van der Waals surface area contributed by atoms with Gasteiger partial charge in [-0.2, -0.15) is 0 Å². The number of rotatable bonds is 3. The molecule has 92 valence electrons. The lowest BCUT2D eigenvalue weighted by molar-refractivity contribution is 0.200. The van der Waals surface area contributed by atoms with Gasteiger partial charge in [0.1, 0.15) is 5.75 Å². The van der Waals surface area contributed by atoms with Crippen LogP contribution in [-0.2, 0) is 0 Å². The quantitative estimate of drug-likeness (QED) is 0.861. The van der Waals surface area contributed by atoms with E-state index in [0.717, 1.165) is 12.4 Å². The summed E-state index contributed by atoms with van der Waals surface area (Å²) < 4.78 is 5.47. The lowest BCUT2D eigenvalue weighted by Crippen LogP contribution is -2.54. The molecule has 17 heavy (non-hydrogen) atoms. The Kier molecular flexibility index (Phi) is 2.71. The van der Waals surface area contributed by atoms with Gasteiger partial charge in [0.15, 0.2) is 0 Å². The van der Waals surface area contributed by atoms with Crippen LogP contribution in [0, 0.1) is 5.41 Å². The van der Waals surface area contributed by atoms with Crippen LogP contribution in [0.2, 0.25) is 0 Å². The average molecular weight is 232 g/mol. The third kappa shape index (κ3) is 2.00. The Labute approximate surface area is 103 Å². The molecule has 0 aliphatic carbocycles. The molecule has 3 heteroatoms. The Bertz CT molecular complexity index is 384. The maximum absolute atomic E-state index is 5.47. The summed E-state index contributed by atoms with van der Waals surface area (Å²) in [5, 5.41) is 3.40. The second-order valence-corrected chi connectivity index (χ2v) is 5.20. The molecule has 0 saturated carbocycles. The van der Waals surface area contributed by atoms with Gasteiger partial charge in [-0.15, -0.1) is 0 Å². The molecular formula is C14H20N2O. The van der Waals surface area contributed by atoms with Crippen LogP contribution in [0.4, 0.5) is 5.69 Å². The second kappa shape index (κ2) is 4.22. The van der Waals surface area contributed by atoms with Gasteiger partial charge in [0.2, 0.25) is 0 Å². The zero-order valence-electron chi connectivity index (χ0n) is 10.4. The van der Waals surface area contributed by atoms with Crippen LogP contribution >= 0.6 is 0 Å². The first-order valence-corrected chi connectivity index (χ1v) is 6.50. The molecule has 2 heterocycles. The standard InChI is InChI=1S/C14H20N2O/c1-2-17-13-5-3-12(4-6-13)16-8-7-14(11-16)9-15-10-14/h3-6,15H,2,7-11H2,1H3. The van der Waals surface area contributed by atoms with Crippen molar-refractivity contribution in [2.24, 2.45) is 5.41 Å². The molecule has 0 atom stereocenters. The molecule has 0 aromatic heterocycles. The summed E-state index contributed by atoms with van der Waals surface area (Å²) in [6, 6.07) is 8.50. The van der Waals surface area contributed by atoms with Crippen molar-refractivity contribution in [3.8, 4) is 5.75 Å². The van der Waals surface area contributed by atoms with Crippen molar-refractivity contribution < 1.29 is 4.74 Å². The number of nitrogens with one attached hydrogen (secondary N) is 1. The van der Waals surface area contributed by atoms with Gasteiger partial charge in [-0.1, -0.05) is 0 Å². The Morgan fingerprint density at radius 2 is 2.06 bits per heavy atom. The van der Waals surface area contributed by atoms with Gasteiger partial charge in [0, 0.05) is 37.3 Å². The molecule has 2 aliphatic rings. The SMILES string of the molecule is CCOc1ccc(N2CCC3(CNC3)C2)cc1. The van der Waals surface area contributed by atoms with Crippen LogP contribution in [0.25, 0.3) is 0 Å². The molecule has 2 aliphatic heterocycles. The Hall–Kier alpha value is -1.22. The van der Waals surface area contributed by atoms with E-state index in [1.54, 1.807) is 0 Å². The first-order chi connectivity index (χ1) is 8.31. The van der Waals surface area contributed by atoms with E-state index in [2.05, 4.69) is 34.5 Å². The molecule has 2 fully saturated rings. The minimum atomic E-state index is 0.568. The summed E-state index contributed by atoms with van der Waals surface area (Å²) in [5.41, 5.74) is 1.90. The van der Waals surface area contributed by atoms with E-state index in [-0.39, 0.29) is 0 Å². The minimum absolute atomic E-state index is 0.568. The molecule has 3 rings (SSSR count). The lowest BCUT2D eigenvalue weighted by atomic mass is 9.81. The minimum Gasteiger partial charge on any atom is -0.494 e. The topological polar surface area (TPSA) is 24.5 Å². The van der Waals surface area contributed by atoms with Gasteiger partial charge >= 0.3 is 0 Å². The maximum Gasteiger partial charge on any atom is 0.119 e. The van der Waals surface area contributed by atoms with E-state index in [4.69, 9.17) is 4.74 Å². The molecule has 0 unspecified atom stereocenters. The Morgan fingerprint density at radius 1 is 1.29 bits per heavy atom. The van der Waals surface area contributed by atoms with Gasteiger partial charge in [0.25, 0.3) is 0 Å². The summed E-state index contributed by atoms with van der Waals surface area (Å²) in [5.74, 6) is 0.968. The average Bonchev–Trinajstić information content (AvgIpc) is 2.75. The summed E-state index contributed by atoms with van der Waals surface area (Å²) in [6.45, 7) is 7.53. The lowest BCUT2D eigenvalue weighted by Gasteiger charge is -2.39. The summed E-state index contributed by atoms with van der Waals surface area (Å²) >= 11 is 0. The summed E-state index contributed by atoms with van der Waals surface area (Å²) in [7, 11) is 0. The third-order valence-electron chi connectivity index (χ3n) is 3.95. The van der Waals surface area contributed by atoms with Crippen molar-refractivity contribution in [2.75, 3.05) is 37.7 Å². The van der Waals surface area contributed by atoms with Gasteiger partial charge in [-0.3, -0.25) is 0 Å². The highest BCUT2D eigenvalue weighted by Gasteiger charge is 2.42. The van der Waals surface area contributed by atoms with Crippen LogP contribution in [0.5, 0.6) is 5.75 Å². The van der Waals surface area contributed by atoms with E-state index in [0.29, 0.717) is 5.41 Å². The highest BCUT2D eigenvalue weighted by atomic mass is 16.5. The molecule has 1 aromatic rings. The van der Waals surface area contributed by atoms with E-state index >= 15 is 0 Å².